The molecule has 0 fully saturated rings. The quantitative estimate of drug-likeness (QED) is 0.718. The Hall–Kier alpha value is -3.09. The maximum absolute atomic E-state index is 13.2. The van der Waals surface area contributed by atoms with Crippen LogP contribution in [0, 0.1) is 13.8 Å². The third-order valence-electron chi connectivity index (χ3n) is 5.33. The van der Waals surface area contributed by atoms with Crippen LogP contribution in [0.5, 0.6) is 5.75 Å². The molecule has 0 radical (unpaired) electrons. The van der Waals surface area contributed by atoms with E-state index in [0.717, 1.165) is 40.2 Å². The van der Waals surface area contributed by atoms with Crippen LogP contribution in [0.3, 0.4) is 0 Å². The van der Waals surface area contributed by atoms with Gasteiger partial charge in [-0.25, -0.2) is 4.79 Å². The van der Waals surface area contributed by atoms with E-state index in [0.29, 0.717) is 12.2 Å². The predicted octanol–water partition coefficient (Wildman–Crippen LogP) is 4.56. The van der Waals surface area contributed by atoms with Crippen molar-refractivity contribution in [3.8, 4) is 5.75 Å². The van der Waals surface area contributed by atoms with Gasteiger partial charge in [0.15, 0.2) is 0 Å². The number of fused-ring (bicyclic) bond motifs is 1. The molecule has 7 nitrogen and oxygen atoms in total. The molecule has 0 unspecified atom stereocenters. The molecule has 7 heteroatoms. The van der Waals surface area contributed by atoms with E-state index < -0.39 is 11.7 Å². The number of amides is 2. The summed E-state index contributed by atoms with van der Waals surface area (Å²) in [6, 6.07) is 5.75. The number of aryl methyl sites for hydroxylation is 1. The Morgan fingerprint density at radius 1 is 1.23 bits per heavy atom. The molecule has 2 heterocycles. The van der Waals surface area contributed by atoms with E-state index in [4.69, 9.17) is 9.47 Å². The lowest BCUT2D eigenvalue weighted by molar-refractivity contribution is -0.116. The zero-order valence-electron chi connectivity index (χ0n) is 19.4. The molecule has 0 aliphatic carbocycles. The van der Waals surface area contributed by atoms with E-state index in [1.165, 1.54) is 0 Å². The zero-order valence-corrected chi connectivity index (χ0v) is 19.4. The molecule has 1 aromatic carbocycles. The second-order valence-corrected chi connectivity index (χ2v) is 8.85. The molecular formula is C24H31N3O4. The summed E-state index contributed by atoms with van der Waals surface area (Å²) in [5.41, 5.74) is 4.47. The van der Waals surface area contributed by atoms with Gasteiger partial charge in [-0.1, -0.05) is 6.07 Å². The molecule has 1 aliphatic heterocycles. The van der Waals surface area contributed by atoms with Crippen LogP contribution >= 0.6 is 0 Å². The van der Waals surface area contributed by atoms with Gasteiger partial charge in [-0.05, 0) is 58.7 Å². The molecule has 0 saturated carbocycles. The molecule has 0 bridgehead atoms. The number of anilines is 2. The van der Waals surface area contributed by atoms with Crippen LogP contribution in [0.4, 0.5) is 16.2 Å². The van der Waals surface area contributed by atoms with Crippen molar-refractivity contribution in [2.75, 3.05) is 23.5 Å². The van der Waals surface area contributed by atoms with E-state index in [1.54, 1.807) is 30.0 Å². The fourth-order valence-corrected chi connectivity index (χ4v) is 3.82. The van der Waals surface area contributed by atoms with E-state index in [9.17, 15) is 9.59 Å². The minimum Gasteiger partial charge on any atom is -0.496 e. The first-order valence-corrected chi connectivity index (χ1v) is 10.4. The number of benzene rings is 1. The first-order valence-electron chi connectivity index (χ1n) is 10.4. The van der Waals surface area contributed by atoms with Crippen LogP contribution in [0.1, 0.15) is 50.1 Å². The SMILES string of the molecule is COc1c(C)cnc(CN(C(=O)OC(C)(C)C)c2ccc3c(c2)N(C(C)=O)CC3)c1C. The fraction of sp³-hybridized carbons (Fsp3) is 0.458. The van der Waals surface area contributed by atoms with Crippen molar-refractivity contribution in [1.82, 2.24) is 4.98 Å². The third kappa shape index (κ3) is 4.81. The van der Waals surface area contributed by atoms with Gasteiger partial charge < -0.3 is 14.4 Å². The Kier molecular flexibility index (Phi) is 6.25. The summed E-state index contributed by atoms with van der Waals surface area (Å²) >= 11 is 0. The topological polar surface area (TPSA) is 72.0 Å². The highest BCUT2D eigenvalue weighted by Crippen LogP contribution is 2.34. The summed E-state index contributed by atoms with van der Waals surface area (Å²) in [5.74, 6) is 0.742. The van der Waals surface area contributed by atoms with Gasteiger partial charge in [0.1, 0.15) is 11.4 Å². The lowest BCUT2D eigenvalue weighted by atomic mass is 10.1. The maximum Gasteiger partial charge on any atom is 0.415 e. The average molecular weight is 426 g/mol. The number of aromatic nitrogens is 1. The van der Waals surface area contributed by atoms with Gasteiger partial charge >= 0.3 is 6.09 Å². The van der Waals surface area contributed by atoms with E-state index in [1.807, 2.05) is 52.8 Å². The number of carbonyl (C=O) groups is 2. The second kappa shape index (κ2) is 8.57. The lowest BCUT2D eigenvalue weighted by Crippen LogP contribution is -2.37. The zero-order chi connectivity index (χ0) is 22.9. The van der Waals surface area contributed by atoms with Gasteiger partial charge in [0.2, 0.25) is 5.91 Å². The second-order valence-electron chi connectivity index (χ2n) is 8.85. The van der Waals surface area contributed by atoms with Gasteiger partial charge in [-0.2, -0.15) is 0 Å². The number of nitrogens with zero attached hydrogens (tertiary/aromatic N) is 3. The van der Waals surface area contributed by atoms with Crippen molar-refractivity contribution in [3.05, 3.63) is 46.8 Å². The number of ether oxygens (including phenoxy) is 2. The standard InChI is InChI=1S/C24H31N3O4/c1-15-13-25-20(16(2)22(15)30-7)14-27(23(29)31-24(4,5)6)19-9-8-18-10-11-26(17(3)28)21(18)12-19/h8-9,12-13H,10-11,14H2,1-7H3. The highest BCUT2D eigenvalue weighted by molar-refractivity contribution is 5.96. The van der Waals surface area contributed by atoms with Gasteiger partial charge in [-0.15, -0.1) is 0 Å². The summed E-state index contributed by atoms with van der Waals surface area (Å²) in [7, 11) is 1.63. The Morgan fingerprint density at radius 3 is 2.55 bits per heavy atom. The normalized spacial score (nSPS) is 13.1. The highest BCUT2D eigenvalue weighted by atomic mass is 16.6. The molecule has 0 spiro atoms. The average Bonchev–Trinajstić information content (AvgIpc) is 3.10. The van der Waals surface area contributed by atoms with Gasteiger partial charge in [0.25, 0.3) is 0 Å². The molecular weight excluding hydrogens is 394 g/mol. The van der Waals surface area contributed by atoms with Gasteiger partial charge in [0.05, 0.1) is 19.3 Å². The molecule has 31 heavy (non-hydrogen) atoms. The molecule has 3 rings (SSSR count). The number of methoxy groups -OCH3 is 1. The van der Waals surface area contributed by atoms with E-state index in [-0.39, 0.29) is 12.5 Å². The van der Waals surface area contributed by atoms with Crippen molar-refractivity contribution >= 4 is 23.4 Å². The maximum atomic E-state index is 13.2. The van der Waals surface area contributed by atoms with Crippen LogP contribution in [0.2, 0.25) is 0 Å². The number of carbonyl (C=O) groups excluding carboxylic acids is 2. The largest absolute Gasteiger partial charge is 0.496 e. The fourth-order valence-electron chi connectivity index (χ4n) is 3.82. The molecule has 1 aromatic heterocycles. The van der Waals surface area contributed by atoms with Crippen molar-refractivity contribution < 1.29 is 19.1 Å². The minimum absolute atomic E-state index is 0.0134. The Balaban J connectivity index is 2.04. The molecule has 0 saturated heterocycles. The Bertz CT molecular complexity index is 1010. The number of rotatable bonds is 4. The van der Waals surface area contributed by atoms with E-state index in [2.05, 4.69) is 4.98 Å². The van der Waals surface area contributed by atoms with Crippen molar-refractivity contribution in [2.24, 2.45) is 0 Å². The molecule has 2 aromatic rings. The monoisotopic (exact) mass is 425 g/mol. The Morgan fingerprint density at radius 2 is 1.94 bits per heavy atom. The van der Waals surface area contributed by atoms with Gasteiger partial charge in [-0.3, -0.25) is 14.7 Å². The predicted molar refractivity (Wildman–Crippen MR) is 121 cm³/mol. The van der Waals surface area contributed by atoms with Crippen LogP contribution in [0.15, 0.2) is 24.4 Å². The highest BCUT2D eigenvalue weighted by Gasteiger charge is 2.28. The summed E-state index contributed by atoms with van der Waals surface area (Å²) in [4.78, 5) is 33.1. The molecule has 166 valence electrons. The minimum atomic E-state index is -0.648. The third-order valence-corrected chi connectivity index (χ3v) is 5.33. The van der Waals surface area contributed by atoms with Crippen LogP contribution in [-0.4, -0.2) is 36.2 Å². The summed E-state index contributed by atoms with van der Waals surface area (Å²) in [5, 5.41) is 0. The van der Waals surface area contributed by atoms with Crippen molar-refractivity contribution in [2.45, 2.75) is 60.1 Å². The molecule has 0 N–H and O–H groups in total. The Labute approximate surface area is 184 Å². The lowest BCUT2D eigenvalue weighted by Gasteiger charge is -2.28. The molecule has 1 aliphatic rings. The number of pyridine rings is 1. The van der Waals surface area contributed by atoms with Gasteiger partial charge in [0, 0.05) is 42.2 Å². The number of hydrogen-bond acceptors (Lipinski definition) is 5. The van der Waals surface area contributed by atoms with Crippen LogP contribution in [-0.2, 0) is 22.5 Å². The van der Waals surface area contributed by atoms with Crippen LogP contribution in [0.25, 0.3) is 0 Å². The molecule has 0 atom stereocenters. The first-order chi connectivity index (χ1) is 14.5. The van der Waals surface area contributed by atoms with Crippen LogP contribution < -0.4 is 14.5 Å². The molecule has 2 amide bonds. The summed E-state index contributed by atoms with van der Waals surface area (Å²) < 4.78 is 11.2. The summed E-state index contributed by atoms with van der Waals surface area (Å²) in [6.45, 7) is 11.8. The van der Waals surface area contributed by atoms with E-state index >= 15 is 0 Å². The number of hydrogen-bond donors (Lipinski definition) is 0. The first kappa shape index (κ1) is 22.6. The van der Waals surface area contributed by atoms with Crippen molar-refractivity contribution in [1.29, 1.82) is 0 Å². The summed E-state index contributed by atoms with van der Waals surface area (Å²) in [6.07, 6.45) is 2.08. The smallest absolute Gasteiger partial charge is 0.415 e. The van der Waals surface area contributed by atoms with Crippen molar-refractivity contribution in [3.63, 3.8) is 0 Å².